The number of nitrogens with one attached hydrogen (secondary N) is 1. The quantitative estimate of drug-likeness (QED) is 0.716. The van der Waals surface area contributed by atoms with Gasteiger partial charge in [-0.25, -0.2) is 8.42 Å². The molecule has 1 heterocycles. The third-order valence-corrected chi connectivity index (χ3v) is 5.06. The van der Waals surface area contributed by atoms with Crippen molar-refractivity contribution in [1.82, 2.24) is 14.6 Å². The summed E-state index contributed by atoms with van der Waals surface area (Å²) in [7, 11) is -1.86. The Bertz CT molecular complexity index is 825. The zero-order valence-corrected chi connectivity index (χ0v) is 15.7. The lowest BCUT2D eigenvalue weighted by Gasteiger charge is -2.19. The number of sulfonamides is 1. The maximum atomic E-state index is 12.1. The van der Waals surface area contributed by atoms with Crippen LogP contribution in [0.2, 0.25) is 0 Å². The average molecular weight is 377 g/mol. The molecular weight excluding hydrogens is 354 g/mol. The molecule has 7 nitrogen and oxygen atoms in total. The Kier molecular flexibility index (Phi) is 7.11. The molecule has 26 heavy (non-hydrogen) atoms. The number of nitrogens with zero attached hydrogens (tertiary/aromatic N) is 2. The van der Waals surface area contributed by atoms with Crippen molar-refractivity contribution in [2.75, 3.05) is 19.9 Å². The molecule has 0 unspecified atom stereocenters. The van der Waals surface area contributed by atoms with E-state index in [2.05, 4.69) is 10.3 Å². The standard InChI is InChI=1S/C18H23N3O4S/c1-25-17-8-4-3-7-16(17)13-20-18(22)9-11-21(26(2,23)24)14-15-6-5-10-19-12-15/h3-8,10,12H,9,11,13-14H2,1-2H3,(H,20,22). The normalized spacial score (nSPS) is 11.3. The van der Waals surface area contributed by atoms with Crippen molar-refractivity contribution in [2.45, 2.75) is 19.5 Å². The van der Waals surface area contributed by atoms with Crippen LogP contribution in [-0.2, 0) is 27.9 Å². The first-order valence-electron chi connectivity index (χ1n) is 8.13. The maximum Gasteiger partial charge on any atom is 0.221 e. The first-order valence-corrected chi connectivity index (χ1v) is 9.97. The summed E-state index contributed by atoms with van der Waals surface area (Å²) in [6, 6.07) is 10.9. The fourth-order valence-corrected chi connectivity index (χ4v) is 3.22. The van der Waals surface area contributed by atoms with Crippen molar-refractivity contribution in [3.05, 3.63) is 59.9 Å². The summed E-state index contributed by atoms with van der Waals surface area (Å²) in [5.41, 5.74) is 1.63. The van der Waals surface area contributed by atoms with Crippen LogP contribution in [0.1, 0.15) is 17.5 Å². The summed E-state index contributed by atoms with van der Waals surface area (Å²) in [6.45, 7) is 0.613. The van der Waals surface area contributed by atoms with Gasteiger partial charge in [-0.3, -0.25) is 9.78 Å². The molecule has 0 saturated carbocycles. The van der Waals surface area contributed by atoms with Crippen LogP contribution in [0.15, 0.2) is 48.8 Å². The molecule has 140 valence electrons. The van der Waals surface area contributed by atoms with Gasteiger partial charge in [-0.2, -0.15) is 4.31 Å². The van der Waals surface area contributed by atoms with Gasteiger partial charge in [-0.05, 0) is 17.7 Å². The topological polar surface area (TPSA) is 88.6 Å². The fraction of sp³-hybridized carbons (Fsp3) is 0.333. The van der Waals surface area contributed by atoms with Crippen molar-refractivity contribution >= 4 is 15.9 Å². The van der Waals surface area contributed by atoms with E-state index in [1.165, 1.54) is 4.31 Å². The number of methoxy groups -OCH3 is 1. The summed E-state index contributed by atoms with van der Waals surface area (Å²) in [5.74, 6) is 0.470. The summed E-state index contributed by atoms with van der Waals surface area (Å²) in [4.78, 5) is 16.1. The highest BCUT2D eigenvalue weighted by Crippen LogP contribution is 2.16. The third kappa shape index (κ3) is 6.12. The number of carbonyl (C=O) groups is 1. The Balaban J connectivity index is 1.90. The highest BCUT2D eigenvalue weighted by Gasteiger charge is 2.18. The van der Waals surface area contributed by atoms with Gasteiger partial charge in [0.2, 0.25) is 15.9 Å². The number of para-hydroxylation sites is 1. The number of hydrogen-bond acceptors (Lipinski definition) is 5. The number of rotatable bonds is 9. The Morgan fingerprint density at radius 3 is 2.65 bits per heavy atom. The van der Waals surface area contributed by atoms with Crippen molar-refractivity contribution in [1.29, 1.82) is 0 Å². The molecule has 0 fully saturated rings. The second-order valence-electron chi connectivity index (χ2n) is 5.80. The molecule has 2 aromatic rings. The highest BCUT2D eigenvalue weighted by molar-refractivity contribution is 7.88. The molecule has 0 saturated heterocycles. The van der Waals surface area contributed by atoms with Crippen molar-refractivity contribution in [3.8, 4) is 5.75 Å². The molecule has 0 aliphatic carbocycles. The number of carbonyl (C=O) groups excluding carboxylic acids is 1. The Labute approximate surface area is 154 Å². The number of aromatic nitrogens is 1. The Morgan fingerprint density at radius 2 is 2.00 bits per heavy atom. The summed E-state index contributed by atoms with van der Waals surface area (Å²) >= 11 is 0. The van der Waals surface area contributed by atoms with Crippen LogP contribution in [0.5, 0.6) is 5.75 Å². The molecule has 0 spiro atoms. The molecule has 0 aliphatic rings. The number of amides is 1. The molecule has 8 heteroatoms. The number of benzene rings is 1. The van der Waals surface area contributed by atoms with Gasteiger partial charge >= 0.3 is 0 Å². The Hall–Kier alpha value is -2.45. The first kappa shape index (κ1) is 19.9. The van der Waals surface area contributed by atoms with Crippen LogP contribution >= 0.6 is 0 Å². The summed E-state index contributed by atoms with van der Waals surface area (Å²) in [5, 5.41) is 2.79. The number of pyridine rings is 1. The fourth-order valence-electron chi connectivity index (χ4n) is 2.41. The lowest BCUT2D eigenvalue weighted by molar-refractivity contribution is -0.121. The molecule has 0 atom stereocenters. The second kappa shape index (κ2) is 9.30. The molecule has 0 radical (unpaired) electrons. The first-order chi connectivity index (χ1) is 12.4. The second-order valence-corrected chi connectivity index (χ2v) is 7.78. The van der Waals surface area contributed by atoms with E-state index in [1.807, 2.05) is 24.3 Å². The molecule has 0 aliphatic heterocycles. The van der Waals surface area contributed by atoms with Crippen LogP contribution in [0.3, 0.4) is 0 Å². The van der Waals surface area contributed by atoms with Crippen molar-refractivity contribution in [2.24, 2.45) is 0 Å². The zero-order chi connectivity index (χ0) is 19.0. The van der Waals surface area contributed by atoms with Gasteiger partial charge in [0, 0.05) is 44.0 Å². The van der Waals surface area contributed by atoms with Crippen molar-refractivity contribution in [3.63, 3.8) is 0 Å². The summed E-state index contributed by atoms with van der Waals surface area (Å²) < 4.78 is 30.4. The van der Waals surface area contributed by atoms with Gasteiger partial charge in [-0.15, -0.1) is 0 Å². The predicted octanol–water partition coefficient (Wildman–Crippen LogP) is 1.56. The minimum absolute atomic E-state index is 0.0719. The monoisotopic (exact) mass is 377 g/mol. The van der Waals surface area contributed by atoms with E-state index in [-0.39, 0.29) is 25.4 Å². The molecular formula is C18H23N3O4S. The van der Waals surface area contributed by atoms with Crippen molar-refractivity contribution < 1.29 is 17.9 Å². The van der Waals surface area contributed by atoms with Crippen LogP contribution in [0.25, 0.3) is 0 Å². The summed E-state index contributed by atoms with van der Waals surface area (Å²) in [6.07, 6.45) is 4.44. The minimum atomic E-state index is -3.43. The molecule has 1 aromatic carbocycles. The van der Waals surface area contributed by atoms with E-state index in [0.29, 0.717) is 12.3 Å². The molecule has 1 N–H and O–H groups in total. The van der Waals surface area contributed by atoms with E-state index in [1.54, 1.807) is 31.6 Å². The van der Waals surface area contributed by atoms with E-state index < -0.39 is 10.0 Å². The smallest absolute Gasteiger partial charge is 0.221 e. The van der Waals surface area contributed by atoms with E-state index in [9.17, 15) is 13.2 Å². The zero-order valence-electron chi connectivity index (χ0n) is 14.9. The number of ether oxygens (including phenoxy) is 1. The predicted molar refractivity (Wildman–Crippen MR) is 98.9 cm³/mol. The van der Waals surface area contributed by atoms with Crippen LogP contribution < -0.4 is 10.1 Å². The number of hydrogen-bond donors (Lipinski definition) is 1. The van der Waals surface area contributed by atoms with Gasteiger partial charge in [0.05, 0.1) is 13.4 Å². The molecule has 2 rings (SSSR count). The van der Waals surface area contributed by atoms with E-state index in [0.717, 1.165) is 17.4 Å². The molecule has 1 aromatic heterocycles. The maximum absolute atomic E-state index is 12.1. The van der Waals surface area contributed by atoms with E-state index >= 15 is 0 Å². The average Bonchev–Trinajstić information content (AvgIpc) is 2.63. The largest absolute Gasteiger partial charge is 0.496 e. The lowest BCUT2D eigenvalue weighted by atomic mass is 10.2. The van der Waals surface area contributed by atoms with Gasteiger partial charge in [0.25, 0.3) is 0 Å². The van der Waals surface area contributed by atoms with Gasteiger partial charge < -0.3 is 10.1 Å². The van der Waals surface area contributed by atoms with Gasteiger partial charge in [-0.1, -0.05) is 24.3 Å². The minimum Gasteiger partial charge on any atom is -0.496 e. The van der Waals surface area contributed by atoms with Crippen LogP contribution in [-0.4, -0.2) is 43.5 Å². The molecule has 0 bridgehead atoms. The van der Waals surface area contributed by atoms with Gasteiger partial charge in [0.15, 0.2) is 0 Å². The SMILES string of the molecule is COc1ccccc1CNC(=O)CCN(Cc1cccnc1)S(C)(=O)=O. The lowest BCUT2D eigenvalue weighted by Crippen LogP contribution is -2.34. The van der Waals surface area contributed by atoms with Crippen LogP contribution in [0.4, 0.5) is 0 Å². The van der Waals surface area contributed by atoms with E-state index in [4.69, 9.17) is 4.74 Å². The van der Waals surface area contributed by atoms with Crippen LogP contribution in [0, 0.1) is 0 Å². The Morgan fingerprint density at radius 1 is 1.23 bits per heavy atom. The molecule has 1 amide bonds. The third-order valence-electron chi connectivity index (χ3n) is 3.81. The highest BCUT2D eigenvalue weighted by atomic mass is 32.2. The van der Waals surface area contributed by atoms with Gasteiger partial charge in [0.1, 0.15) is 5.75 Å².